The van der Waals surface area contributed by atoms with E-state index in [2.05, 4.69) is 0 Å². The van der Waals surface area contributed by atoms with Crippen LogP contribution in [-0.4, -0.2) is 41.1 Å². The van der Waals surface area contributed by atoms with Crippen LogP contribution in [0.25, 0.3) is 0 Å². The van der Waals surface area contributed by atoms with Gasteiger partial charge >= 0.3 is 5.97 Å². The van der Waals surface area contributed by atoms with Crippen molar-refractivity contribution in [3.63, 3.8) is 0 Å². The summed E-state index contributed by atoms with van der Waals surface area (Å²) in [6.45, 7) is 4.06. The largest absolute Gasteiger partial charge is 0.463 e. The standard InChI is InChI=1S/C25H25NO4/c1-16(2)29-24(28)20-19-13-14-25(30-19)15-26(23(27)21(20)25)22(17-9-5-3-6-10-17)18-11-7-4-8-12-18/h3-14,16,19-22H,15H2,1-2H3/t19-,20?,21-,25?/m1/s1. The van der Waals surface area contributed by atoms with Crippen LogP contribution < -0.4 is 0 Å². The average molecular weight is 403 g/mol. The SMILES string of the molecule is CC(C)OC(=O)C1[C@H]2C=CC3(CN(C(c4ccccc4)c4ccccc4)C(=O)[C@@H]13)O2. The quantitative estimate of drug-likeness (QED) is 0.566. The highest BCUT2D eigenvalue weighted by molar-refractivity contribution is 5.91. The molecule has 0 aliphatic carbocycles. The average Bonchev–Trinajstić information content (AvgIpc) is 3.38. The van der Waals surface area contributed by atoms with Gasteiger partial charge in [-0.2, -0.15) is 0 Å². The van der Waals surface area contributed by atoms with Crippen LogP contribution in [0.5, 0.6) is 0 Å². The summed E-state index contributed by atoms with van der Waals surface area (Å²) in [7, 11) is 0. The Kier molecular flexibility index (Phi) is 4.51. The highest BCUT2D eigenvalue weighted by Gasteiger charge is 2.68. The molecule has 2 saturated heterocycles. The molecule has 1 spiro atoms. The Labute approximate surface area is 176 Å². The summed E-state index contributed by atoms with van der Waals surface area (Å²) in [5.74, 6) is -1.54. The van der Waals surface area contributed by atoms with Gasteiger partial charge in [0.2, 0.25) is 5.91 Å². The molecule has 3 aliphatic rings. The number of benzene rings is 2. The van der Waals surface area contributed by atoms with Crippen LogP contribution in [0.3, 0.4) is 0 Å². The molecule has 2 aromatic carbocycles. The third-order valence-electron chi connectivity index (χ3n) is 6.30. The van der Waals surface area contributed by atoms with E-state index in [-0.39, 0.29) is 30.1 Å². The first-order valence-electron chi connectivity index (χ1n) is 10.5. The third-order valence-corrected chi connectivity index (χ3v) is 6.30. The number of amides is 1. The van der Waals surface area contributed by atoms with Gasteiger partial charge in [-0.1, -0.05) is 72.8 Å². The molecule has 30 heavy (non-hydrogen) atoms. The summed E-state index contributed by atoms with van der Waals surface area (Å²) in [5, 5.41) is 0. The molecule has 2 unspecified atom stereocenters. The minimum atomic E-state index is -0.760. The lowest BCUT2D eigenvalue weighted by Gasteiger charge is -2.31. The molecule has 2 fully saturated rings. The van der Waals surface area contributed by atoms with Gasteiger partial charge in [-0.3, -0.25) is 9.59 Å². The molecule has 1 amide bonds. The Bertz CT molecular complexity index is 947. The van der Waals surface area contributed by atoms with Crippen LogP contribution >= 0.6 is 0 Å². The summed E-state index contributed by atoms with van der Waals surface area (Å²) in [6.07, 6.45) is 3.27. The molecular weight excluding hydrogens is 378 g/mol. The zero-order valence-electron chi connectivity index (χ0n) is 17.1. The molecule has 5 nitrogen and oxygen atoms in total. The van der Waals surface area contributed by atoms with Crippen molar-refractivity contribution in [3.8, 4) is 0 Å². The molecule has 3 heterocycles. The van der Waals surface area contributed by atoms with Crippen molar-refractivity contribution in [2.45, 2.75) is 37.7 Å². The van der Waals surface area contributed by atoms with Crippen LogP contribution in [0.4, 0.5) is 0 Å². The number of hydrogen-bond donors (Lipinski definition) is 0. The van der Waals surface area contributed by atoms with E-state index in [0.717, 1.165) is 11.1 Å². The van der Waals surface area contributed by atoms with Gasteiger partial charge in [0.05, 0.1) is 30.7 Å². The van der Waals surface area contributed by atoms with Crippen molar-refractivity contribution < 1.29 is 19.1 Å². The number of nitrogens with zero attached hydrogens (tertiary/aromatic N) is 1. The predicted octanol–water partition coefficient (Wildman–Crippen LogP) is 3.51. The topological polar surface area (TPSA) is 55.8 Å². The summed E-state index contributed by atoms with van der Waals surface area (Å²) in [4.78, 5) is 28.5. The maximum atomic E-state index is 13.8. The van der Waals surface area contributed by atoms with E-state index < -0.39 is 17.4 Å². The van der Waals surface area contributed by atoms with Gasteiger partial charge < -0.3 is 14.4 Å². The number of carbonyl (C=O) groups is 2. The molecular formula is C25H25NO4. The van der Waals surface area contributed by atoms with Crippen molar-refractivity contribution >= 4 is 11.9 Å². The van der Waals surface area contributed by atoms with Crippen molar-refractivity contribution in [2.75, 3.05) is 6.54 Å². The first-order valence-corrected chi connectivity index (χ1v) is 10.5. The van der Waals surface area contributed by atoms with Crippen LogP contribution in [0, 0.1) is 11.8 Å². The summed E-state index contributed by atoms with van der Waals surface area (Å²) < 4.78 is 11.7. The first kappa shape index (κ1) is 19.1. The second kappa shape index (κ2) is 7.10. The van der Waals surface area contributed by atoms with Crippen LogP contribution in [0.15, 0.2) is 72.8 Å². The molecule has 2 aromatic rings. The highest BCUT2D eigenvalue weighted by atomic mass is 16.6. The smallest absolute Gasteiger partial charge is 0.313 e. The fourth-order valence-corrected chi connectivity index (χ4v) is 5.15. The van der Waals surface area contributed by atoms with Crippen LogP contribution in [0.2, 0.25) is 0 Å². The molecule has 0 aromatic heterocycles. The van der Waals surface area contributed by atoms with Gasteiger partial charge in [-0.15, -0.1) is 0 Å². The molecule has 4 atom stereocenters. The Balaban J connectivity index is 1.54. The van der Waals surface area contributed by atoms with Crippen LogP contribution in [0.1, 0.15) is 31.0 Å². The van der Waals surface area contributed by atoms with Crippen molar-refractivity contribution in [1.82, 2.24) is 4.90 Å². The van der Waals surface area contributed by atoms with Crippen molar-refractivity contribution in [2.24, 2.45) is 11.8 Å². The molecule has 5 rings (SSSR count). The van der Waals surface area contributed by atoms with Crippen molar-refractivity contribution in [1.29, 1.82) is 0 Å². The number of hydrogen-bond acceptors (Lipinski definition) is 4. The fraction of sp³-hybridized carbons (Fsp3) is 0.360. The number of likely N-dealkylation sites (tertiary alicyclic amines) is 1. The number of fused-ring (bicyclic) bond motifs is 1. The van der Waals surface area contributed by atoms with E-state index in [1.807, 2.05) is 91.6 Å². The van der Waals surface area contributed by atoms with Gasteiger partial charge in [-0.25, -0.2) is 0 Å². The Morgan fingerprint density at radius 3 is 2.23 bits per heavy atom. The van der Waals surface area contributed by atoms with E-state index in [0.29, 0.717) is 6.54 Å². The van der Waals surface area contributed by atoms with Gasteiger partial charge in [0.25, 0.3) is 0 Å². The van der Waals surface area contributed by atoms with Gasteiger partial charge in [0.15, 0.2) is 0 Å². The highest BCUT2D eigenvalue weighted by Crippen LogP contribution is 2.54. The zero-order valence-corrected chi connectivity index (χ0v) is 17.1. The maximum absolute atomic E-state index is 13.8. The van der Waals surface area contributed by atoms with E-state index in [4.69, 9.17) is 9.47 Å². The summed E-state index contributed by atoms with van der Waals surface area (Å²) in [6, 6.07) is 19.8. The minimum absolute atomic E-state index is 0.0507. The lowest BCUT2D eigenvalue weighted by atomic mass is 9.77. The second-order valence-electron chi connectivity index (χ2n) is 8.58. The summed E-state index contributed by atoms with van der Waals surface area (Å²) in [5.41, 5.74) is 1.31. The number of rotatable bonds is 5. The molecule has 5 heteroatoms. The monoisotopic (exact) mass is 403 g/mol. The first-order chi connectivity index (χ1) is 14.5. The lowest BCUT2D eigenvalue weighted by Crippen LogP contribution is -2.40. The molecule has 3 aliphatic heterocycles. The van der Waals surface area contributed by atoms with Gasteiger partial charge in [0, 0.05) is 0 Å². The van der Waals surface area contributed by atoms with E-state index in [9.17, 15) is 9.59 Å². The number of carbonyl (C=O) groups excluding carboxylic acids is 2. The maximum Gasteiger partial charge on any atom is 0.313 e. The van der Waals surface area contributed by atoms with Gasteiger partial charge in [0.1, 0.15) is 11.5 Å². The number of esters is 1. The van der Waals surface area contributed by atoms with Crippen molar-refractivity contribution in [3.05, 3.63) is 83.9 Å². The molecule has 0 radical (unpaired) electrons. The lowest BCUT2D eigenvalue weighted by molar-refractivity contribution is -0.157. The summed E-state index contributed by atoms with van der Waals surface area (Å²) >= 11 is 0. The zero-order chi connectivity index (χ0) is 20.9. The van der Waals surface area contributed by atoms with E-state index >= 15 is 0 Å². The minimum Gasteiger partial charge on any atom is -0.463 e. The number of ether oxygens (including phenoxy) is 2. The van der Waals surface area contributed by atoms with E-state index in [1.165, 1.54) is 0 Å². The normalized spacial score (nSPS) is 29.1. The third kappa shape index (κ3) is 2.88. The fourth-order valence-electron chi connectivity index (χ4n) is 5.15. The molecule has 2 bridgehead atoms. The van der Waals surface area contributed by atoms with Crippen LogP contribution in [-0.2, 0) is 19.1 Å². The van der Waals surface area contributed by atoms with E-state index in [1.54, 1.807) is 0 Å². The van der Waals surface area contributed by atoms with Gasteiger partial charge in [-0.05, 0) is 25.0 Å². The predicted molar refractivity (Wildman–Crippen MR) is 111 cm³/mol. The molecule has 0 N–H and O–H groups in total. The molecule has 154 valence electrons. The Morgan fingerprint density at radius 2 is 1.67 bits per heavy atom. The molecule has 0 saturated carbocycles. The Hall–Kier alpha value is -2.92. The Morgan fingerprint density at radius 1 is 1.07 bits per heavy atom. The second-order valence-corrected chi connectivity index (χ2v) is 8.58.